The number of halogens is 3. The Morgan fingerprint density at radius 3 is 2.52 bits per heavy atom. The largest absolute Gasteiger partial charge is 0.508 e. The molecule has 2 aromatic rings. The molecule has 0 unspecified atom stereocenters. The molecule has 0 radical (unpaired) electrons. The first-order chi connectivity index (χ1) is 11.7. The van der Waals surface area contributed by atoms with E-state index in [0.29, 0.717) is 12.8 Å². The van der Waals surface area contributed by atoms with Gasteiger partial charge in [0.1, 0.15) is 12.0 Å². The first kappa shape index (κ1) is 16.3. The van der Waals surface area contributed by atoms with Gasteiger partial charge in [0.05, 0.1) is 5.69 Å². The first-order valence-electron chi connectivity index (χ1n) is 8.32. The zero-order valence-electron chi connectivity index (χ0n) is 14.1. The molecule has 1 aliphatic heterocycles. The summed E-state index contributed by atoms with van der Waals surface area (Å²) in [6, 6.07) is 1.70. The maximum atomic E-state index is 12.9. The van der Waals surface area contributed by atoms with E-state index in [2.05, 4.69) is 4.98 Å². The third kappa shape index (κ3) is 2.48. The van der Waals surface area contributed by atoms with Gasteiger partial charge in [0.25, 0.3) is 0 Å². The Labute approximate surface area is 143 Å². The summed E-state index contributed by atoms with van der Waals surface area (Å²) in [4.78, 5) is 5.45. The highest BCUT2D eigenvalue weighted by Gasteiger charge is 2.45. The van der Waals surface area contributed by atoms with Crippen molar-refractivity contribution in [2.45, 2.75) is 45.7 Å². The summed E-state index contributed by atoms with van der Waals surface area (Å²) >= 11 is 0. The quantitative estimate of drug-likeness (QED) is 0.795. The number of alkyl halides is 3. The lowest BCUT2D eigenvalue weighted by Gasteiger charge is -2.49. The Bertz CT molecular complexity index is 838. The average Bonchev–Trinajstić information content (AvgIpc) is 3.00. The Kier molecular flexibility index (Phi) is 3.36. The predicted octanol–water partition coefficient (Wildman–Crippen LogP) is 4.88. The number of fused-ring (bicyclic) bond motifs is 1. The molecule has 134 valence electrons. The fraction of sp³-hybridized carbons (Fsp3) is 0.500. The second kappa shape index (κ2) is 5.16. The summed E-state index contributed by atoms with van der Waals surface area (Å²) in [6.07, 6.45) is 0.0980. The molecule has 1 aromatic heterocycles. The van der Waals surface area contributed by atoms with Crippen LogP contribution in [0, 0.1) is 19.3 Å². The van der Waals surface area contributed by atoms with Crippen molar-refractivity contribution >= 4 is 11.7 Å². The second-order valence-electron chi connectivity index (χ2n) is 7.28. The van der Waals surface area contributed by atoms with Crippen molar-refractivity contribution < 1.29 is 22.7 Å². The number of benzene rings is 1. The lowest BCUT2D eigenvalue weighted by atomic mass is 9.63. The van der Waals surface area contributed by atoms with Crippen LogP contribution >= 0.6 is 0 Å². The monoisotopic (exact) mass is 352 g/mol. The highest BCUT2D eigenvalue weighted by Crippen LogP contribution is 2.53. The number of hydrogen-bond acceptors (Lipinski definition) is 4. The summed E-state index contributed by atoms with van der Waals surface area (Å²) in [6.45, 7) is 4.25. The minimum atomic E-state index is -4.53. The van der Waals surface area contributed by atoms with Crippen LogP contribution < -0.4 is 4.90 Å². The van der Waals surface area contributed by atoms with Gasteiger partial charge in [-0.05, 0) is 61.3 Å². The van der Waals surface area contributed by atoms with Crippen molar-refractivity contribution in [1.29, 1.82) is 0 Å². The number of nitrogens with zero attached hydrogens (tertiary/aromatic N) is 2. The standard InChI is InChI=1S/C18H19F3N2O2/c1-10-11(2)15-12(6-13(10)24)7-17(4-3-5-17)9-23(15)16-22-14(8-25-16)18(19,20)21/h6,8,24H,3-5,7,9H2,1-2H3. The highest BCUT2D eigenvalue weighted by atomic mass is 19.4. The predicted molar refractivity (Wildman–Crippen MR) is 86.1 cm³/mol. The Hall–Kier alpha value is -2.18. The molecule has 25 heavy (non-hydrogen) atoms. The molecule has 4 rings (SSSR count). The summed E-state index contributed by atoms with van der Waals surface area (Å²) < 4.78 is 44.0. The summed E-state index contributed by atoms with van der Waals surface area (Å²) in [7, 11) is 0. The lowest BCUT2D eigenvalue weighted by Crippen LogP contribution is -2.46. The average molecular weight is 352 g/mol. The van der Waals surface area contributed by atoms with Crippen molar-refractivity contribution in [3.8, 4) is 5.75 Å². The number of phenolic OH excluding ortho intramolecular Hbond substituents is 1. The van der Waals surface area contributed by atoms with Crippen LogP contribution in [0.1, 0.15) is 41.6 Å². The van der Waals surface area contributed by atoms with Gasteiger partial charge in [-0.25, -0.2) is 0 Å². The summed E-state index contributed by atoms with van der Waals surface area (Å²) in [5, 5.41) is 10.2. The van der Waals surface area contributed by atoms with Crippen LogP contribution in [0.15, 0.2) is 16.7 Å². The van der Waals surface area contributed by atoms with Crippen molar-refractivity contribution in [2.75, 3.05) is 11.4 Å². The molecule has 1 aliphatic carbocycles. The van der Waals surface area contributed by atoms with Crippen LogP contribution in [0.25, 0.3) is 0 Å². The van der Waals surface area contributed by atoms with E-state index in [9.17, 15) is 18.3 Å². The van der Waals surface area contributed by atoms with Crippen LogP contribution in [0.5, 0.6) is 5.75 Å². The molecule has 1 N–H and O–H groups in total. The van der Waals surface area contributed by atoms with Crippen LogP contribution in [-0.2, 0) is 12.6 Å². The topological polar surface area (TPSA) is 49.5 Å². The van der Waals surface area contributed by atoms with E-state index < -0.39 is 11.9 Å². The maximum Gasteiger partial charge on any atom is 0.436 e. The number of anilines is 2. The van der Waals surface area contributed by atoms with Gasteiger partial charge in [0.2, 0.25) is 0 Å². The zero-order valence-corrected chi connectivity index (χ0v) is 14.1. The van der Waals surface area contributed by atoms with Gasteiger partial charge in [-0.1, -0.05) is 6.42 Å². The molecule has 7 heteroatoms. The van der Waals surface area contributed by atoms with Crippen LogP contribution in [0.2, 0.25) is 0 Å². The highest BCUT2D eigenvalue weighted by molar-refractivity contribution is 5.71. The minimum absolute atomic E-state index is 0.0218. The molecule has 0 amide bonds. The third-order valence-electron chi connectivity index (χ3n) is 5.67. The molecule has 0 atom stereocenters. The minimum Gasteiger partial charge on any atom is -0.508 e. The molecule has 2 aliphatic rings. The molecule has 0 saturated heterocycles. The van der Waals surface area contributed by atoms with E-state index >= 15 is 0 Å². The molecule has 1 spiro atoms. The molecular formula is C18H19F3N2O2. The van der Waals surface area contributed by atoms with E-state index in [1.807, 2.05) is 6.92 Å². The molecule has 4 nitrogen and oxygen atoms in total. The van der Waals surface area contributed by atoms with Crippen molar-refractivity contribution in [2.24, 2.45) is 5.41 Å². The van der Waals surface area contributed by atoms with Gasteiger partial charge in [-0.3, -0.25) is 4.90 Å². The van der Waals surface area contributed by atoms with E-state index in [1.54, 1.807) is 17.9 Å². The molecule has 1 saturated carbocycles. The summed E-state index contributed by atoms with van der Waals surface area (Å²) in [5.74, 6) is 0.218. The fourth-order valence-electron chi connectivity index (χ4n) is 4.03. The van der Waals surface area contributed by atoms with Gasteiger partial charge in [0, 0.05) is 6.54 Å². The molecular weight excluding hydrogens is 333 g/mol. The van der Waals surface area contributed by atoms with Gasteiger partial charge < -0.3 is 9.52 Å². The fourth-order valence-corrected chi connectivity index (χ4v) is 4.03. The van der Waals surface area contributed by atoms with Gasteiger partial charge in [0.15, 0.2) is 5.69 Å². The lowest BCUT2D eigenvalue weighted by molar-refractivity contribution is -0.141. The Morgan fingerprint density at radius 1 is 1.24 bits per heavy atom. The van der Waals surface area contributed by atoms with Gasteiger partial charge in [-0.2, -0.15) is 18.2 Å². The van der Waals surface area contributed by atoms with E-state index in [0.717, 1.165) is 48.1 Å². The van der Waals surface area contributed by atoms with Crippen LogP contribution in [-0.4, -0.2) is 16.6 Å². The van der Waals surface area contributed by atoms with Crippen molar-refractivity contribution in [3.05, 3.63) is 34.7 Å². The smallest absolute Gasteiger partial charge is 0.436 e. The first-order valence-corrected chi connectivity index (χ1v) is 8.32. The van der Waals surface area contributed by atoms with Crippen molar-refractivity contribution in [3.63, 3.8) is 0 Å². The van der Waals surface area contributed by atoms with Gasteiger partial charge >= 0.3 is 12.2 Å². The number of hydrogen-bond donors (Lipinski definition) is 1. The maximum absolute atomic E-state index is 12.9. The van der Waals surface area contributed by atoms with Gasteiger partial charge in [-0.15, -0.1) is 0 Å². The number of phenols is 1. The number of aromatic nitrogens is 1. The van der Waals surface area contributed by atoms with Crippen molar-refractivity contribution in [1.82, 2.24) is 4.98 Å². The molecule has 1 aromatic carbocycles. The molecule has 0 bridgehead atoms. The van der Waals surface area contributed by atoms with Crippen LogP contribution in [0.3, 0.4) is 0 Å². The zero-order chi connectivity index (χ0) is 18.0. The SMILES string of the molecule is Cc1c(O)cc2c(c1C)N(c1nc(C(F)(F)F)co1)CC1(CCC1)C2. The normalized spacial score (nSPS) is 19.0. The molecule has 1 fully saturated rings. The Morgan fingerprint density at radius 2 is 1.96 bits per heavy atom. The van der Waals surface area contributed by atoms with E-state index in [1.165, 1.54) is 0 Å². The molecule has 2 heterocycles. The summed E-state index contributed by atoms with van der Waals surface area (Å²) in [5.41, 5.74) is 2.31. The van der Waals surface area contributed by atoms with E-state index in [4.69, 9.17) is 4.42 Å². The van der Waals surface area contributed by atoms with Crippen LogP contribution in [0.4, 0.5) is 24.9 Å². The number of rotatable bonds is 1. The number of aromatic hydroxyl groups is 1. The Balaban J connectivity index is 1.85. The third-order valence-corrected chi connectivity index (χ3v) is 5.67. The van der Waals surface area contributed by atoms with E-state index in [-0.39, 0.29) is 17.2 Å². The number of oxazole rings is 1. The second-order valence-corrected chi connectivity index (χ2v) is 7.28.